The van der Waals surface area contributed by atoms with Gasteiger partial charge in [-0.3, -0.25) is 0 Å². The monoisotopic (exact) mass is 451 g/mol. The minimum absolute atomic E-state index is 0. The van der Waals surface area contributed by atoms with E-state index >= 15 is 0 Å². The van der Waals surface area contributed by atoms with Crippen LogP contribution in [-0.4, -0.2) is 31.9 Å². The van der Waals surface area contributed by atoms with Gasteiger partial charge >= 0.3 is 83.6 Å². The van der Waals surface area contributed by atoms with Crippen LogP contribution in [0.1, 0.15) is 41.5 Å². The van der Waals surface area contributed by atoms with Crippen molar-refractivity contribution in [1.29, 1.82) is 0 Å². The molecule has 0 saturated carbocycles. The molecule has 6 heteroatoms. The third kappa shape index (κ3) is 42.8. The van der Waals surface area contributed by atoms with Crippen molar-refractivity contribution in [2.24, 2.45) is 0 Å². The van der Waals surface area contributed by atoms with E-state index in [1.165, 1.54) is 0 Å². The summed E-state index contributed by atoms with van der Waals surface area (Å²) in [6.45, 7) is 11.0. The summed E-state index contributed by atoms with van der Waals surface area (Å²) < 4.78 is 14.1. The minimum atomic E-state index is -2.94. The summed E-state index contributed by atoms with van der Waals surface area (Å²) in [6.07, 6.45) is 0. The number of halogens is 1. The van der Waals surface area contributed by atoms with Crippen LogP contribution in [0.3, 0.4) is 0 Å². The zero-order valence-corrected chi connectivity index (χ0v) is 20.0. The van der Waals surface area contributed by atoms with Gasteiger partial charge in [0.1, 0.15) is 0 Å². The van der Waals surface area contributed by atoms with Crippen LogP contribution in [-0.2, 0) is 26.2 Å². The van der Waals surface area contributed by atoms with Gasteiger partial charge in [-0.25, -0.2) is 0 Å². The van der Waals surface area contributed by atoms with Crippen molar-refractivity contribution in [2.75, 3.05) is 0 Å². The molecule has 0 fully saturated rings. The van der Waals surface area contributed by atoms with E-state index in [1.54, 1.807) is 11.5 Å². The fourth-order valence-corrected chi connectivity index (χ4v) is 2.84. The molecule has 128 valence electrons. The SMILES string of the molecule is CC(C)[NH-].CC(C)[NH-].CC(C)[NH-].[CH3][Ge]([CH3])([F])[c-]1cccc1.[Zr+4]. The summed E-state index contributed by atoms with van der Waals surface area (Å²) in [5.41, 5.74) is 19.8. The molecular formula is C16H34FGeN3Zr. The second-order valence-corrected chi connectivity index (χ2v) is 13.5. The van der Waals surface area contributed by atoms with Gasteiger partial charge in [-0.05, 0) is 0 Å². The summed E-state index contributed by atoms with van der Waals surface area (Å²) in [6, 6.07) is 7.78. The first-order valence-electron chi connectivity index (χ1n) is 7.35. The molecular weight excluding hydrogens is 417 g/mol. The molecule has 0 aliphatic rings. The molecule has 1 aromatic rings. The molecule has 0 spiro atoms. The van der Waals surface area contributed by atoms with Crippen molar-refractivity contribution in [1.82, 2.24) is 0 Å². The van der Waals surface area contributed by atoms with E-state index in [-0.39, 0.29) is 44.3 Å². The average molecular weight is 451 g/mol. The van der Waals surface area contributed by atoms with Crippen LogP contribution in [0.15, 0.2) is 24.3 Å². The summed E-state index contributed by atoms with van der Waals surface area (Å²) in [7, 11) is 0. The molecule has 0 aliphatic heterocycles. The summed E-state index contributed by atoms with van der Waals surface area (Å²) in [5, 5.41) is 0. The molecule has 0 bridgehead atoms. The normalized spacial score (nSPS) is 9.77. The van der Waals surface area contributed by atoms with Crippen molar-refractivity contribution in [3.05, 3.63) is 41.5 Å². The molecule has 0 radical (unpaired) electrons. The van der Waals surface area contributed by atoms with Gasteiger partial charge in [0.15, 0.2) is 0 Å². The van der Waals surface area contributed by atoms with Gasteiger partial charge in [0, 0.05) is 0 Å². The molecule has 0 amide bonds. The smallest absolute Gasteiger partial charge is 4.00 e. The first-order chi connectivity index (χ1) is 9.30. The van der Waals surface area contributed by atoms with E-state index in [0.29, 0.717) is 0 Å². The summed E-state index contributed by atoms with van der Waals surface area (Å²) >= 11 is -2.94. The Morgan fingerprint density at radius 2 is 0.955 bits per heavy atom. The molecule has 3 nitrogen and oxygen atoms in total. The molecule has 0 unspecified atom stereocenters. The fourth-order valence-electron chi connectivity index (χ4n) is 0.770. The molecule has 0 aliphatic carbocycles. The molecule has 0 heterocycles. The second-order valence-electron chi connectivity index (χ2n) is 6.11. The Bertz CT molecular complexity index is 274. The molecule has 22 heavy (non-hydrogen) atoms. The van der Waals surface area contributed by atoms with Crippen LogP contribution in [0, 0.1) is 0 Å². The maximum Gasteiger partial charge on any atom is 4.00 e. The van der Waals surface area contributed by atoms with E-state index in [1.807, 2.05) is 65.8 Å². The standard InChI is InChI=1S/C7H10FGe.3C3H8N.Zr/c1-9(2,8)7-5-3-4-6-7;3*1-3(2)4;/h3-6H,1-2H3;3*3-4H,1-2H3;/q4*-1;+4. The van der Waals surface area contributed by atoms with Crippen molar-refractivity contribution in [3.63, 3.8) is 0 Å². The van der Waals surface area contributed by atoms with E-state index in [2.05, 4.69) is 0 Å². The number of hydrogen-bond acceptors (Lipinski definition) is 0. The van der Waals surface area contributed by atoms with E-state index < -0.39 is 13.7 Å². The van der Waals surface area contributed by atoms with Gasteiger partial charge in [-0.2, -0.15) is 0 Å². The topological polar surface area (TPSA) is 71.4 Å². The van der Waals surface area contributed by atoms with Crippen LogP contribution in [0.2, 0.25) is 11.5 Å². The van der Waals surface area contributed by atoms with Gasteiger partial charge in [0.25, 0.3) is 0 Å². The zero-order valence-electron chi connectivity index (χ0n) is 15.4. The van der Waals surface area contributed by atoms with E-state index in [0.717, 1.165) is 4.40 Å². The van der Waals surface area contributed by atoms with Gasteiger partial charge in [-0.15, -0.1) is 18.1 Å². The molecule has 0 saturated heterocycles. The second kappa shape index (κ2) is 17.9. The molecule has 0 atom stereocenters. The van der Waals surface area contributed by atoms with Crippen LogP contribution < -0.4 is 4.40 Å². The Hall–Kier alpha value is 0.586. The van der Waals surface area contributed by atoms with Crippen LogP contribution >= 0.6 is 0 Å². The van der Waals surface area contributed by atoms with E-state index in [9.17, 15) is 3.50 Å². The van der Waals surface area contributed by atoms with Gasteiger partial charge in [0.05, 0.1) is 0 Å². The maximum atomic E-state index is 13.1. The van der Waals surface area contributed by atoms with Gasteiger partial charge in [0.2, 0.25) is 0 Å². The van der Waals surface area contributed by atoms with Crippen LogP contribution in [0.4, 0.5) is 3.50 Å². The third-order valence-electron chi connectivity index (χ3n) is 1.35. The summed E-state index contributed by atoms with van der Waals surface area (Å²) in [4.78, 5) is 0. The molecule has 0 aromatic heterocycles. The predicted molar refractivity (Wildman–Crippen MR) is 98.6 cm³/mol. The van der Waals surface area contributed by atoms with Crippen molar-refractivity contribution >= 4 is 18.1 Å². The van der Waals surface area contributed by atoms with Gasteiger partial charge < -0.3 is 17.2 Å². The Balaban J connectivity index is -0.000000107. The Kier molecular flexibility index (Phi) is 24.8. The zero-order chi connectivity index (χ0) is 17.6. The van der Waals surface area contributed by atoms with Crippen LogP contribution in [0.5, 0.6) is 0 Å². The number of rotatable bonds is 1. The first-order valence-corrected chi connectivity index (χ1v) is 13.4. The summed E-state index contributed by atoms with van der Waals surface area (Å²) in [5.74, 6) is 3.49. The Morgan fingerprint density at radius 3 is 1.05 bits per heavy atom. The Labute approximate surface area is 159 Å². The van der Waals surface area contributed by atoms with Gasteiger partial charge in [-0.1, -0.05) is 41.5 Å². The average Bonchev–Trinajstić information content (AvgIpc) is 2.64. The molecule has 1 aromatic carbocycles. The Morgan fingerprint density at radius 1 is 0.773 bits per heavy atom. The van der Waals surface area contributed by atoms with Crippen LogP contribution in [0.25, 0.3) is 17.2 Å². The number of hydrogen-bond donors (Lipinski definition) is 0. The molecule has 1 rings (SSSR count). The third-order valence-corrected chi connectivity index (χ3v) is 4.93. The quantitative estimate of drug-likeness (QED) is 0.364. The largest absolute Gasteiger partial charge is 4.00 e. The fraction of sp³-hybridized carbons (Fsp3) is 0.688. The molecule has 3 N–H and O–H groups in total. The predicted octanol–water partition coefficient (Wildman–Crippen LogP) is 6.13. The first kappa shape index (κ1) is 30.5. The van der Waals surface area contributed by atoms with Crippen molar-refractivity contribution in [3.8, 4) is 0 Å². The maximum absolute atomic E-state index is 13.1. The minimum Gasteiger partial charge on any atom is 4.00 e. The number of nitrogens with one attached hydrogen (secondary N) is 3. The van der Waals surface area contributed by atoms with Crippen molar-refractivity contribution < 1.29 is 29.7 Å². The van der Waals surface area contributed by atoms with Crippen molar-refractivity contribution in [2.45, 2.75) is 71.2 Å². The van der Waals surface area contributed by atoms with E-state index in [4.69, 9.17) is 17.2 Å².